The minimum Gasteiger partial charge on any atom is -0.338 e. The summed E-state index contributed by atoms with van der Waals surface area (Å²) in [5.41, 5.74) is 7.38. The normalized spacial score (nSPS) is 18.8. The van der Waals surface area contributed by atoms with Gasteiger partial charge in [-0.25, -0.2) is 0 Å². The molecule has 1 atom stereocenters. The Balaban J connectivity index is 1.80. The van der Waals surface area contributed by atoms with Crippen molar-refractivity contribution in [2.75, 3.05) is 4.90 Å². The molecule has 0 N–H and O–H groups in total. The van der Waals surface area contributed by atoms with Gasteiger partial charge in [-0.1, -0.05) is 121 Å². The van der Waals surface area contributed by atoms with Crippen molar-refractivity contribution in [2.24, 2.45) is 0 Å². The molecule has 0 aromatic heterocycles. The third-order valence-electron chi connectivity index (χ3n) is 6.44. The molecule has 1 unspecified atom stereocenters. The van der Waals surface area contributed by atoms with E-state index in [1.807, 2.05) is 0 Å². The highest BCUT2D eigenvalue weighted by molar-refractivity contribution is 5.74. The lowest BCUT2D eigenvalue weighted by Gasteiger charge is -2.33. The Bertz CT molecular complexity index is 1180. The molecule has 0 bridgehead atoms. The Morgan fingerprint density at radius 3 is 2.54 bits per heavy atom. The van der Waals surface area contributed by atoms with Gasteiger partial charge in [-0.15, -0.1) is 6.58 Å². The Morgan fingerprint density at radius 2 is 1.81 bits per heavy atom. The number of allylic oxidation sites excluding steroid dienone is 11. The number of aryl methyl sites for hydroxylation is 1. The van der Waals surface area contributed by atoms with E-state index in [4.69, 9.17) is 0 Å². The summed E-state index contributed by atoms with van der Waals surface area (Å²) < 4.78 is 0. The maximum Gasteiger partial charge on any atom is 0.0551 e. The average molecular weight is 488 g/mol. The molecule has 1 aliphatic rings. The molecule has 0 radical (unpaired) electrons. The molecule has 0 heterocycles. The predicted octanol–water partition coefficient (Wildman–Crippen LogP) is 10.1. The quantitative estimate of drug-likeness (QED) is 0.238. The van der Waals surface area contributed by atoms with Crippen molar-refractivity contribution in [1.82, 2.24) is 0 Å². The number of anilines is 1. The molecule has 1 aliphatic carbocycles. The van der Waals surface area contributed by atoms with E-state index in [0.29, 0.717) is 0 Å². The molecule has 1 heteroatoms. The monoisotopic (exact) mass is 487 g/mol. The predicted molar refractivity (Wildman–Crippen MR) is 165 cm³/mol. The fourth-order valence-electron chi connectivity index (χ4n) is 4.42. The lowest BCUT2D eigenvalue weighted by Crippen LogP contribution is -2.32. The van der Waals surface area contributed by atoms with Crippen LogP contribution < -0.4 is 4.90 Å². The molecule has 0 saturated carbocycles. The van der Waals surface area contributed by atoms with Crippen molar-refractivity contribution in [3.05, 3.63) is 157 Å². The van der Waals surface area contributed by atoms with Gasteiger partial charge < -0.3 is 4.90 Å². The van der Waals surface area contributed by atoms with Crippen LogP contribution in [0, 0.1) is 6.92 Å². The Hall–Kier alpha value is -3.84. The lowest BCUT2D eigenvalue weighted by molar-refractivity contribution is 0.747. The van der Waals surface area contributed by atoms with E-state index in [1.54, 1.807) is 0 Å². The first-order chi connectivity index (χ1) is 18.1. The second-order valence-electron chi connectivity index (χ2n) is 9.37. The molecular formula is C36H41N. The second-order valence-corrected chi connectivity index (χ2v) is 9.37. The summed E-state index contributed by atoms with van der Waals surface area (Å²) in [7, 11) is 0. The fraction of sp³-hybridized carbons (Fsp3) is 0.222. The van der Waals surface area contributed by atoms with Crippen LogP contribution in [0.1, 0.15) is 50.2 Å². The van der Waals surface area contributed by atoms with Gasteiger partial charge in [0.1, 0.15) is 0 Å². The average Bonchev–Trinajstić information content (AvgIpc) is 2.92. The summed E-state index contributed by atoms with van der Waals surface area (Å²) in [6.45, 7) is 12.6. The first kappa shape index (κ1) is 27.7. The van der Waals surface area contributed by atoms with Crippen LogP contribution in [0.25, 0.3) is 5.57 Å². The standard InChI is InChI=1S/C36H41N/c1-5-17-32(33-28-26-31(4)27-29-33)20-11-8-12-21-34(6-2)37(35-22-14-9-15-23-35)36-24-13-7-10-18-30(3)19-16-25-36/h5-9,12-17,19-20,22-23,25-29,34H,2-3,10-11,18,21,24H2,1,4H3/b12-8+,13-7-,17-5-,19-16-,32-20+,36-25+. The van der Waals surface area contributed by atoms with Crippen LogP contribution in [0.4, 0.5) is 5.69 Å². The molecule has 37 heavy (non-hydrogen) atoms. The zero-order chi connectivity index (χ0) is 26.3. The topological polar surface area (TPSA) is 3.24 Å². The first-order valence-electron chi connectivity index (χ1n) is 13.3. The van der Waals surface area contributed by atoms with Gasteiger partial charge in [-0.3, -0.25) is 0 Å². The van der Waals surface area contributed by atoms with Gasteiger partial charge >= 0.3 is 0 Å². The Morgan fingerprint density at radius 1 is 1.03 bits per heavy atom. The van der Waals surface area contributed by atoms with Crippen LogP contribution in [0.5, 0.6) is 0 Å². The molecule has 2 aromatic carbocycles. The van der Waals surface area contributed by atoms with Gasteiger partial charge in [-0.05, 0) is 68.9 Å². The molecule has 1 nitrogen and oxygen atoms in total. The summed E-state index contributed by atoms with van der Waals surface area (Å²) in [4.78, 5) is 2.42. The number of hydrogen-bond donors (Lipinski definition) is 0. The summed E-state index contributed by atoms with van der Waals surface area (Å²) >= 11 is 0. The van der Waals surface area contributed by atoms with Crippen molar-refractivity contribution >= 4 is 11.3 Å². The smallest absolute Gasteiger partial charge is 0.0551 e. The van der Waals surface area contributed by atoms with Gasteiger partial charge in [0.05, 0.1) is 6.04 Å². The Labute approximate surface area is 224 Å². The van der Waals surface area contributed by atoms with Crippen molar-refractivity contribution < 1.29 is 0 Å². The molecular weight excluding hydrogens is 446 g/mol. The minimum atomic E-state index is 0.147. The maximum atomic E-state index is 4.21. The Kier molecular flexibility index (Phi) is 11.5. The third-order valence-corrected chi connectivity index (χ3v) is 6.44. The van der Waals surface area contributed by atoms with Crippen LogP contribution in [0.15, 0.2) is 146 Å². The number of hydrogen-bond acceptors (Lipinski definition) is 1. The molecule has 0 aliphatic heterocycles. The second kappa shape index (κ2) is 15.3. The third kappa shape index (κ3) is 8.95. The van der Waals surface area contributed by atoms with E-state index in [-0.39, 0.29) is 6.04 Å². The number of rotatable bonds is 10. The molecule has 0 amide bonds. The van der Waals surface area contributed by atoms with Gasteiger partial charge in [0.15, 0.2) is 0 Å². The van der Waals surface area contributed by atoms with E-state index in [9.17, 15) is 0 Å². The SMILES string of the molecule is C=CC(C/C=C/C/C=C(\C=C/C)c1ccc(C)cc1)N(/C1=C/C=C\C(=C)CC/C=C\C1)c1ccccc1. The first-order valence-corrected chi connectivity index (χ1v) is 13.3. The minimum absolute atomic E-state index is 0.147. The van der Waals surface area contributed by atoms with Gasteiger partial charge in [0.25, 0.3) is 0 Å². The molecule has 0 fully saturated rings. The summed E-state index contributed by atoms with van der Waals surface area (Å²) in [5.74, 6) is 0. The van der Waals surface area contributed by atoms with E-state index >= 15 is 0 Å². The van der Waals surface area contributed by atoms with Crippen LogP contribution >= 0.6 is 0 Å². The highest BCUT2D eigenvalue weighted by atomic mass is 15.2. The van der Waals surface area contributed by atoms with Gasteiger partial charge in [-0.2, -0.15) is 0 Å². The number of para-hydroxylation sites is 1. The zero-order valence-corrected chi connectivity index (χ0v) is 22.5. The van der Waals surface area contributed by atoms with E-state index in [0.717, 1.165) is 37.7 Å². The largest absolute Gasteiger partial charge is 0.338 e. The van der Waals surface area contributed by atoms with E-state index in [2.05, 4.69) is 153 Å². The summed E-state index contributed by atoms with van der Waals surface area (Å²) in [6.07, 6.45) is 28.9. The van der Waals surface area contributed by atoms with Gasteiger partial charge in [0.2, 0.25) is 0 Å². The number of nitrogens with zero attached hydrogens (tertiary/aromatic N) is 1. The zero-order valence-electron chi connectivity index (χ0n) is 22.5. The molecule has 190 valence electrons. The van der Waals surface area contributed by atoms with E-state index < -0.39 is 0 Å². The van der Waals surface area contributed by atoms with Crippen LogP contribution in [-0.2, 0) is 0 Å². The molecule has 0 saturated heterocycles. The van der Waals surface area contributed by atoms with Crippen LogP contribution in [0.3, 0.4) is 0 Å². The highest BCUT2D eigenvalue weighted by Crippen LogP contribution is 2.27. The summed E-state index contributed by atoms with van der Waals surface area (Å²) in [5, 5.41) is 0. The van der Waals surface area contributed by atoms with Crippen molar-refractivity contribution in [3.63, 3.8) is 0 Å². The summed E-state index contributed by atoms with van der Waals surface area (Å²) in [6, 6.07) is 19.5. The highest BCUT2D eigenvalue weighted by Gasteiger charge is 2.18. The molecule has 2 aromatic rings. The van der Waals surface area contributed by atoms with Crippen molar-refractivity contribution in [2.45, 2.75) is 52.0 Å². The maximum absolute atomic E-state index is 4.21. The van der Waals surface area contributed by atoms with Crippen LogP contribution in [0.2, 0.25) is 0 Å². The lowest BCUT2D eigenvalue weighted by atomic mass is 10.0. The van der Waals surface area contributed by atoms with Crippen molar-refractivity contribution in [3.8, 4) is 0 Å². The molecule has 0 spiro atoms. The fourth-order valence-corrected chi connectivity index (χ4v) is 4.42. The van der Waals surface area contributed by atoms with Gasteiger partial charge in [0, 0.05) is 17.8 Å². The van der Waals surface area contributed by atoms with Crippen molar-refractivity contribution in [1.29, 1.82) is 0 Å². The van der Waals surface area contributed by atoms with Crippen LogP contribution in [-0.4, -0.2) is 6.04 Å². The molecule has 3 rings (SSSR count). The number of benzene rings is 2. The van der Waals surface area contributed by atoms with E-state index in [1.165, 1.54) is 28.1 Å².